The minimum atomic E-state index is 0.0450. The van der Waals surface area contributed by atoms with Crippen molar-refractivity contribution in [2.24, 2.45) is 4.99 Å². The van der Waals surface area contributed by atoms with Crippen molar-refractivity contribution in [3.05, 3.63) is 0 Å². The molecule has 0 unspecified atom stereocenters. The molecule has 0 spiro atoms. The van der Waals surface area contributed by atoms with E-state index >= 15 is 0 Å². The van der Waals surface area contributed by atoms with Crippen LogP contribution in [0.3, 0.4) is 0 Å². The number of guanidine groups is 1. The second-order valence-electron chi connectivity index (χ2n) is 7.69. The molecule has 2 aliphatic rings. The number of aliphatic imine (C=N–C) groups is 1. The van der Waals surface area contributed by atoms with Crippen LogP contribution in [-0.2, 0) is 0 Å². The van der Waals surface area contributed by atoms with Crippen molar-refractivity contribution in [2.75, 3.05) is 38.2 Å². The molecule has 0 bridgehead atoms. The van der Waals surface area contributed by atoms with Gasteiger partial charge in [-0.05, 0) is 33.6 Å². The van der Waals surface area contributed by atoms with Gasteiger partial charge >= 0.3 is 0 Å². The summed E-state index contributed by atoms with van der Waals surface area (Å²) in [5.41, 5.74) is 0.387. The fourth-order valence-electron chi connectivity index (χ4n) is 3.64. The van der Waals surface area contributed by atoms with Crippen molar-refractivity contribution in [1.82, 2.24) is 15.5 Å². The van der Waals surface area contributed by atoms with E-state index in [-0.39, 0.29) is 5.54 Å². The maximum absolute atomic E-state index is 4.41. The van der Waals surface area contributed by atoms with Gasteiger partial charge in [0.2, 0.25) is 0 Å². The highest BCUT2D eigenvalue weighted by Gasteiger charge is 2.38. The first-order valence-electron chi connectivity index (χ1n) is 8.77. The van der Waals surface area contributed by atoms with E-state index < -0.39 is 0 Å². The fourth-order valence-corrected chi connectivity index (χ4v) is 4.54. The van der Waals surface area contributed by atoms with E-state index in [4.69, 9.17) is 0 Å². The number of rotatable bonds is 3. The predicted molar refractivity (Wildman–Crippen MR) is 99.0 cm³/mol. The molecule has 4 nitrogen and oxygen atoms in total. The Balaban J connectivity index is 2.00. The van der Waals surface area contributed by atoms with Crippen LogP contribution >= 0.6 is 11.8 Å². The SMILES string of the molecule is CN=C(NCC1(N2CCSCC2)CCCCC1)NC(C)(C)C. The number of nitrogens with one attached hydrogen (secondary N) is 2. The standard InChI is InChI=1S/C17H34N4S/c1-16(2,3)20-15(18-4)19-14-17(8-6-5-7-9-17)21-10-12-22-13-11-21/h5-14H2,1-4H3,(H2,18,19,20). The van der Waals surface area contributed by atoms with E-state index in [1.54, 1.807) is 0 Å². The van der Waals surface area contributed by atoms with Crippen LogP contribution in [0, 0.1) is 0 Å². The Kier molecular flexibility index (Phi) is 6.45. The summed E-state index contributed by atoms with van der Waals surface area (Å²) >= 11 is 2.10. The van der Waals surface area contributed by atoms with Crippen LogP contribution in [0.25, 0.3) is 0 Å². The molecule has 0 aromatic heterocycles. The summed E-state index contributed by atoms with van der Waals surface area (Å²) in [4.78, 5) is 7.17. The molecule has 1 saturated carbocycles. The van der Waals surface area contributed by atoms with Gasteiger partial charge in [0.25, 0.3) is 0 Å². The molecule has 0 aromatic carbocycles. The average molecular weight is 327 g/mol. The molecule has 2 fully saturated rings. The lowest BCUT2D eigenvalue weighted by atomic mass is 9.80. The van der Waals surface area contributed by atoms with Gasteiger partial charge in [0.15, 0.2) is 5.96 Å². The zero-order valence-corrected chi connectivity index (χ0v) is 15.7. The summed E-state index contributed by atoms with van der Waals surface area (Å²) in [6, 6.07) is 0. The monoisotopic (exact) mass is 326 g/mol. The molecule has 0 atom stereocenters. The Morgan fingerprint density at radius 3 is 2.32 bits per heavy atom. The Hall–Kier alpha value is -0.420. The molecular formula is C17H34N4S. The normalized spacial score (nSPS) is 24.1. The first kappa shape index (κ1) is 17.9. The molecule has 5 heteroatoms. The van der Waals surface area contributed by atoms with Gasteiger partial charge in [0.05, 0.1) is 0 Å². The number of nitrogens with zero attached hydrogens (tertiary/aromatic N) is 2. The summed E-state index contributed by atoms with van der Waals surface area (Å²) in [5, 5.41) is 7.11. The van der Waals surface area contributed by atoms with Crippen LogP contribution in [0.15, 0.2) is 4.99 Å². The predicted octanol–water partition coefficient (Wildman–Crippen LogP) is 2.70. The third kappa shape index (κ3) is 5.05. The largest absolute Gasteiger partial charge is 0.355 e. The van der Waals surface area contributed by atoms with E-state index in [0.29, 0.717) is 5.54 Å². The Labute approximate surface area is 140 Å². The highest BCUT2D eigenvalue weighted by molar-refractivity contribution is 7.99. The van der Waals surface area contributed by atoms with E-state index in [2.05, 4.69) is 53.1 Å². The summed E-state index contributed by atoms with van der Waals surface area (Å²) in [6.45, 7) is 10.1. The van der Waals surface area contributed by atoms with Crippen molar-refractivity contribution < 1.29 is 0 Å². The Bertz CT molecular complexity index is 363. The molecule has 0 amide bonds. The van der Waals surface area contributed by atoms with Crippen molar-refractivity contribution in [2.45, 2.75) is 64.0 Å². The molecule has 1 aliphatic heterocycles. The number of hydrogen-bond donors (Lipinski definition) is 2. The maximum atomic E-state index is 4.41. The lowest BCUT2D eigenvalue weighted by Gasteiger charge is -2.48. The second-order valence-corrected chi connectivity index (χ2v) is 8.91. The first-order chi connectivity index (χ1) is 10.5. The van der Waals surface area contributed by atoms with Crippen LogP contribution in [0.2, 0.25) is 0 Å². The van der Waals surface area contributed by atoms with Gasteiger partial charge in [-0.1, -0.05) is 19.3 Å². The molecule has 1 saturated heterocycles. The maximum Gasteiger partial charge on any atom is 0.191 e. The van der Waals surface area contributed by atoms with E-state index in [1.165, 1.54) is 56.7 Å². The van der Waals surface area contributed by atoms with Crippen LogP contribution in [0.4, 0.5) is 0 Å². The van der Waals surface area contributed by atoms with Gasteiger partial charge in [-0.25, -0.2) is 0 Å². The molecule has 1 aliphatic carbocycles. The second kappa shape index (κ2) is 7.91. The van der Waals surface area contributed by atoms with Crippen molar-refractivity contribution >= 4 is 17.7 Å². The molecule has 2 rings (SSSR count). The van der Waals surface area contributed by atoms with Gasteiger partial charge in [0, 0.05) is 49.3 Å². The highest BCUT2D eigenvalue weighted by atomic mass is 32.2. The summed E-state index contributed by atoms with van der Waals surface area (Å²) in [7, 11) is 1.87. The summed E-state index contributed by atoms with van der Waals surface area (Å²) < 4.78 is 0. The Morgan fingerprint density at radius 1 is 1.14 bits per heavy atom. The minimum Gasteiger partial charge on any atom is -0.355 e. The average Bonchev–Trinajstić information content (AvgIpc) is 2.52. The zero-order chi connectivity index (χ0) is 16.1. The lowest BCUT2D eigenvalue weighted by molar-refractivity contribution is 0.0625. The van der Waals surface area contributed by atoms with Crippen LogP contribution in [0.5, 0.6) is 0 Å². The molecule has 0 radical (unpaired) electrons. The molecule has 22 heavy (non-hydrogen) atoms. The molecule has 0 aromatic rings. The van der Waals surface area contributed by atoms with Crippen molar-refractivity contribution in [1.29, 1.82) is 0 Å². The first-order valence-corrected chi connectivity index (χ1v) is 9.92. The van der Waals surface area contributed by atoms with E-state index in [0.717, 1.165) is 12.5 Å². The smallest absolute Gasteiger partial charge is 0.191 e. The molecule has 2 N–H and O–H groups in total. The third-order valence-electron chi connectivity index (χ3n) is 4.77. The van der Waals surface area contributed by atoms with Crippen LogP contribution < -0.4 is 10.6 Å². The lowest BCUT2D eigenvalue weighted by Crippen LogP contribution is -2.60. The van der Waals surface area contributed by atoms with E-state index in [9.17, 15) is 0 Å². The third-order valence-corrected chi connectivity index (χ3v) is 5.71. The van der Waals surface area contributed by atoms with Crippen molar-refractivity contribution in [3.63, 3.8) is 0 Å². The van der Waals surface area contributed by atoms with E-state index in [1.807, 2.05) is 7.05 Å². The van der Waals surface area contributed by atoms with Crippen molar-refractivity contribution in [3.8, 4) is 0 Å². The molecule has 128 valence electrons. The summed E-state index contributed by atoms with van der Waals surface area (Å²) in [5.74, 6) is 3.51. The van der Waals surface area contributed by atoms with Gasteiger partial charge in [0.1, 0.15) is 0 Å². The fraction of sp³-hybridized carbons (Fsp3) is 0.941. The zero-order valence-electron chi connectivity index (χ0n) is 14.9. The highest BCUT2D eigenvalue weighted by Crippen LogP contribution is 2.34. The van der Waals surface area contributed by atoms with Crippen LogP contribution in [0.1, 0.15) is 52.9 Å². The van der Waals surface area contributed by atoms with Crippen LogP contribution in [-0.4, -0.2) is 60.1 Å². The Morgan fingerprint density at radius 2 is 1.77 bits per heavy atom. The van der Waals surface area contributed by atoms with Gasteiger partial charge in [-0.3, -0.25) is 9.89 Å². The summed E-state index contributed by atoms with van der Waals surface area (Å²) in [6.07, 6.45) is 6.81. The molecular weight excluding hydrogens is 292 g/mol. The number of thioether (sulfide) groups is 1. The van der Waals surface area contributed by atoms with Gasteiger partial charge < -0.3 is 10.6 Å². The molecule has 1 heterocycles. The quantitative estimate of drug-likeness (QED) is 0.618. The minimum absolute atomic E-state index is 0.0450. The van der Waals surface area contributed by atoms with Gasteiger partial charge in [-0.15, -0.1) is 0 Å². The van der Waals surface area contributed by atoms with Gasteiger partial charge in [-0.2, -0.15) is 11.8 Å². The topological polar surface area (TPSA) is 39.7 Å². The number of hydrogen-bond acceptors (Lipinski definition) is 3.